The second kappa shape index (κ2) is 15.7. The van der Waals surface area contributed by atoms with Gasteiger partial charge in [-0.05, 0) is 0 Å². The van der Waals surface area contributed by atoms with Crippen LogP contribution in [0, 0.1) is 0 Å². The quantitative estimate of drug-likeness (QED) is 0.541. The molecule has 0 fully saturated rings. The predicted molar refractivity (Wildman–Crippen MR) is 39.7 cm³/mol. The average Bonchev–Trinajstić information content (AvgIpc) is 1.88. The molecule has 0 atom stereocenters. The van der Waals surface area contributed by atoms with E-state index in [0.29, 0.717) is 10.7 Å². The second-order valence-corrected chi connectivity index (χ2v) is 1.94. The Labute approximate surface area is 64.9 Å². The minimum Gasteiger partial charge on any atom is -0.302 e. The predicted octanol–water partition coefficient (Wildman–Crippen LogP) is 1.16. The molecule has 0 N–H and O–H groups in total. The second-order valence-electron chi connectivity index (χ2n) is 0.642. The van der Waals surface area contributed by atoms with Crippen molar-refractivity contribution in [2.24, 2.45) is 0 Å². The van der Waals surface area contributed by atoms with Crippen molar-refractivity contribution < 1.29 is 9.59 Å². The fourth-order valence-corrected chi connectivity index (χ4v) is 0. The van der Waals surface area contributed by atoms with Gasteiger partial charge in [0.25, 0.3) is 0 Å². The number of hydrogen-bond donors (Lipinski definition) is 0. The van der Waals surface area contributed by atoms with Gasteiger partial charge in [0.2, 0.25) is 0 Å². The first-order valence-electron chi connectivity index (χ1n) is 1.82. The number of halogens is 2. The van der Waals surface area contributed by atoms with Crippen molar-refractivity contribution in [1.82, 2.24) is 0 Å². The molecule has 0 bridgehead atoms. The summed E-state index contributed by atoms with van der Waals surface area (Å²) in [6.07, 6.45) is 1.58. The smallest absolute Gasteiger partial charge is 0.130 e. The van der Waals surface area contributed by atoms with Crippen LogP contribution in [0.1, 0.15) is 0 Å². The van der Waals surface area contributed by atoms with Gasteiger partial charge in [-0.3, -0.25) is 0 Å². The van der Waals surface area contributed by atoms with E-state index in [9.17, 15) is 0 Å². The highest BCUT2D eigenvalue weighted by atomic mass is 79.9. The Morgan fingerprint density at radius 3 is 1.12 bits per heavy atom. The molecule has 0 aliphatic rings. The van der Waals surface area contributed by atoms with E-state index in [0.717, 1.165) is 12.6 Å². The molecule has 8 heavy (non-hydrogen) atoms. The van der Waals surface area contributed by atoms with Gasteiger partial charge in [0.05, 0.1) is 10.7 Å². The van der Waals surface area contributed by atoms with Crippen molar-refractivity contribution in [2.75, 3.05) is 10.7 Å². The molecular formula is C4H6Br2O2. The standard InChI is InChI=1S/2C2H3BrO/c2*3-1-2-4/h2*2H,1H2. The summed E-state index contributed by atoms with van der Waals surface area (Å²) in [6.45, 7) is 0. The molecule has 0 amide bonds. The Morgan fingerprint density at radius 2 is 1.12 bits per heavy atom. The van der Waals surface area contributed by atoms with Gasteiger partial charge in [0.15, 0.2) is 0 Å². The van der Waals surface area contributed by atoms with E-state index in [2.05, 4.69) is 31.9 Å². The molecule has 0 aliphatic carbocycles. The van der Waals surface area contributed by atoms with Crippen LogP contribution in [0.3, 0.4) is 0 Å². The van der Waals surface area contributed by atoms with Gasteiger partial charge in [-0.15, -0.1) is 0 Å². The highest BCUT2D eigenvalue weighted by molar-refractivity contribution is 9.09. The number of aldehydes is 2. The van der Waals surface area contributed by atoms with Gasteiger partial charge in [-0.1, -0.05) is 31.9 Å². The summed E-state index contributed by atoms with van der Waals surface area (Å²) in [5, 5.41) is 0.903. The molecule has 0 unspecified atom stereocenters. The monoisotopic (exact) mass is 244 g/mol. The highest BCUT2D eigenvalue weighted by Gasteiger charge is 1.55. The summed E-state index contributed by atoms with van der Waals surface area (Å²) < 4.78 is 0. The first kappa shape index (κ1) is 11.1. The fraction of sp³-hybridized carbons (Fsp3) is 0.500. The third kappa shape index (κ3) is 33.5. The Balaban J connectivity index is 0. The zero-order chi connectivity index (χ0) is 6.83. The van der Waals surface area contributed by atoms with Gasteiger partial charge in [-0.2, -0.15) is 0 Å². The molecule has 0 spiro atoms. The van der Waals surface area contributed by atoms with Gasteiger partial charge >= 0.3 is 0 Å². The molecule has 0 rings (SSSR count). The third-order valence-electron chi connectivity index (χ3n) is 0.126. The van der Waals surface area contributed by atoms with Gasteiger partial charge in [0.1, 0.15) is 12.6 Å². The van der Waals surface area contributed by atoms with E-state index in [1.54, 1.807) is 0 Å². The largest absolute Gasteiger partial charge is 0.302 e. The normalized spacial score (nSPS) is 6.25. The minimum atomic E-state index is 0.451. The van der Waals surface area contributed by atoms with Gasteiger partial charge < -0.3 is 9.59 Å². The lowest BCUT2D eigenvalue weighted by Crippen LogP contribution is -1.61. The maximum Gasteiger partial charge on any atom is 0.130 e. The molecule has 0 aromatic rings. The molecule has 0 saturated heterocycles. The van der Waals surface area contributed by atoms with E-state index in [1.807, 2.05) is 0 Å². The van der Waals surface area contributed by atoms with Crippen LogP contribution >= 0.6 is 31.9 Å². The molecule has 4 heteroatoms. The zero-order valence-electron chi connectivity index (χ0n) is 4.14. The van der Waals surface area contributed by atoms with Crippen LogP contribution in [0.5, 0.6) is 0 Å². The minimum absolute atomic E-state index is 0.451. The highest BCUT2D eigenvalue weighted by Crippen LogP contribution is 1.65. The molecule has 0 radical (unpaired) electrons. The van der Waals surface area contributed by atoms with E-state index < -0.39 is 0 Å². The maximum atomic E-state index is 9.13. The summed E-state index contributed by atoms with van der Waals surface area (Å²) in [6, 6.07) is 0. The molecule has 0 aromatic heterocycles. The molecule has 48 valence electrons. The lowest BCUT2D eigenvalue weighted by Gasteiger charge is -1.49. The maximum absolute atomic E-state index is 9.13. The summed E-state index contributed by atoms with van der Waals surface area (Å²) in [5.74, 6) is 0. The van der Waals surface area contributed by atoms with Crippen molar-refractivity contribution in [3.05, 3.63) is 0 Å². The van der Waals surface area contributed by atoms with Gasteiger partial charge in [0, 0.05) is 0 Å². The fourth-order valence-electron chi connectivity index (χ4n) is 0. The third-order valence-corrected chi connectivity index (χ3v) is 0.655. The number of carbonyl (C=O) groups is 2. The van der Waals surface area contributed by atoms with E-state index in [-0.39, 0.29) is 0 Å². The van der Waals surface area contributed by atoms with Crippen LogP contribution in [0.2, 0.25) is 0 Å². The van der Waals surface area contributed by atoms with Crippen molar-refractivity contribution in [3.8, 4) is 0 Å². The van der Waals surface area contributed by atoms with E-state index in [1.165, 1.54) is 0 Å². The summed E-state index contributed by atoms with van der Waals surface area (Å²) in [7, 11) is 0. The number of carbonyl (C=O) groups excluding carboxylic acids is 2. The van der Waals surface area contributed by atoms with Crippen molar-refractivity contribution in [2.45, 2.75) is 0 Å². The Kier molecular flexibility index (Phi) is 21.8. The van der Waals surface area contributed by atoms with E-state index >= 15 is 0 Å². The van der Waals surface area contributed by atoms with Crippen molar-refractivity contribution in [3.63, 3.8) is 0 Å². The molecule has 0 aromatic carbocycles. The first-order chi connectivity index (χ1) is 3.83. The first-order valence-corrected chi connectivity index (χ1v) is 4.07. The van der Waals surface area contributed by atoms with Crippen LogP contribution < -0.4 is 0 Å². The molecule has 0 aliphatic heterocycles. The Hall–Kier alpha value is 0.300. The van der Waals surface area contributed by atoms with Crippen LogP contribution in [-0.4, -0.2) is 23.2 Å². The van der Waals surface area contributed by atoms with Crippen LogP contribution in [0.25, 0.3) is 0 Å². The molecule has 0 saturated carbocycles. The molecule has 2 nitrogen and oxygen atoms in total. The topological polar surface area (TPSA) is 34.1 Å². The lowest BCUT2D eigenvalue weighted by molar-refractivity contribution is -0.106. The Morgan fingerprint density at radius 1 is 1.00 bits per heavy atom. The Bertz CT molecular complexity index is 48.0. The zero-order valence-corrected chi connectivity index (χ0v) is 7.31. The summed E-state index contributed by atoms with van der Waals surface area (Å²) in [4.78, 5) is 18.3. The molecule has 0 heterocycles. The number of rotatable bonds is 2. The van der Waals surface area contributed by atoms with Gasteiger partial charge in [-0.25, -0.2) is 0 Å². The van der Waals surface area contributed by atoms with E-state index in [4.69, 9.17) is 9.59 Å². The number of hydrogen-bond acceptors (Lipinski definition) is 2. The SMILES string of the molecule is O=CCBr.O=CCBr. The van der Waals surface area contributed by atoms with Crippen LogP contribution in [0.4, 0.5) is 0 Å². The van der Waals surface area contributed by atoms with Crippen molar-refractivity contribution >= 4 is 44.4 Å². The van der Waals surface area contributed by atoms with Crippen LogP contribution in [-0.2, 0) is 9.59 Å². The summed E-state index contributed by atoms with van der Waals surface area (Å²) in [5.41, 5.74) is 0. The van der Waals surface area contributed by atoms with Crippen molar-refractivity contribution in [1.29, 1.82) is 0 Å². The average molecular weight is 246 g/mol. The molecular weight excluding hydrogens is 240 g/mol. The van der Waals surface area contributed by atoms with Crippen LogP contribution in [0.15, 0.2) is 0 Å². The lowest BCUT2D eigenvalue weighted by atomic mass is 11.0. The number of alkyl halides is 2. The summed E-state index contributed by atoms with van der Waals surface area (Å²) >= 11 is 5.76.